The maximum atomic E-state index is 12.0. The van der Waals surface area contributed by atoms with E-state index in [1.54, 1.807) is 6.92 Å². The SMILES string of the molecule is CC#CC(CC(=O)OCCC(C)C)c1ccc(OCCC(C)C)cc1. The van der Waals surface area contributed by atoms with Gasteiger partial charge in [0.25, 0.3) is 0 Å². The van der Waals surface area contributed by atoms with Gasteiger partial charge in [-0.3, -0.25) is 4.79 Å². The zero-order chi connectivity index (χ0) is 18.7. The van der Waals surface area contributed by atoms with Crippen molar-refractivity contribution in [2.45, 2.75) is 59.8 Å². The third-order valence-electron chi connectivity index (χ3n) is 3.89. The molecule has 1 rings (SSSR count). The maximum absolute atomic E-state index is 12.0. The molecule has 1 aromatic carbocycles. The molecule has 0 radical (unpaired) electrons. The van der Waals surface area contributed by atoms with E-state index in [9.17, 15) is 4.79 Å². The summed E-state index contributed by atoms with van der Waals surface area (Å²) in [4.78, 5) is 12.0. The molecule has 0 amide bonds. The van der Waals surface area contributed by atoms with Crippen LogP contribution in [0, 0.1) is 23.7 Å². The normalized spacial score (nSPS) is 11.8. The fourth-order valence-electron chi connectivity index (χ4n) is 2.27. The summed E-state index contributed by atoms with van der Waals surface area (Å²) >= 11 is 0. The maximum Gasteiger partial charge on any atom is 0.307 e. The first kappa shape index (κ1) is 21.1. The molecule has 0 aromatic heterocycles. The first-order valence-corrected chi connectivity index (χ1v) is 9.23. The fraction of sp³-hybridized carbons (Fsp3) is 0.591. The van der Waals surface area contributed by atoms with Crippen LogP contribution in [0.15, 0.2) is 24.3 Å². The fourth-order valence-corrected chi connectivity index (χ4v) is 2.27. The first-order chi connectivity index (χ1) is 11.9. The number of carbonyl (C=O) groups excluding carboxylic acids is 1. The highest BCUT2D eigenvalue weighted by molar-refractivity contribution is 5.71. The quantitative estimate of drug-likeness (QED) is 0.432. The first-order valence-electron chi connectivity index (χ1n) is 9.23. The molecule has 0 saturated carbocycles. The lowest BCUT2D eigenvalue weighted by molar-refractivity contribution is -0.144. The summed E-state index contributed by atoms with van der Waals surface area (Å²) < 4.78 is 11.1. The summed E-state index contributed by atoms with van der Waals surface area (Å²) in [6, 6.07) is 7.87. The van der Waals surface area contributed by atoms with Gasteiger partial charge in [-0.25, -0.2) is 0 Å². The van der Waals surface area contributed by atoms with Crippen molar-refractivity contribution in [1.29, 1.82) is 0 Å². The van der Waals surface area contributed by atoms with Crippen LogP contribution in [0.1, 0.15) is 65.4 Å². The molecular formula is C22H32O3. The Morgan fingerprint density at radius 2 is 1.60 bits per heavy atom. The van der Waals surface area contributed by atoms with Gasteiger partial charge in [0.2, 0.25) is 0 Å². The van der Waals surface area contributed by atoms with Crippen LogP contribution in [-0.2, 0) is 9.53 Å². The molecule has 1 aromatic rings. The van der Waals surface area contributed by atoms with Crippen LogP contribution in [0.2, 0.25) is 0 Å². The molecule has 0 heterocycles. The number of carbonyl (C=O) groups is 1. The molecule has 0 N–H and O–H groups in total. The van der Waals surface area contributed by atoms with Crippen molar-refractivity contribution in [3.8, 4) is 17.6 Å². The Morgan fingerprint density at radius 1 is 1.00 bits per heavy atom. The number of rotatable bonds is 10. The number of benzene rings is 1. The number of hydrogen-bond donors (Lipinski definition) is 0. The van der Waals surface area contributed by atoms with Crippen LogP contribution < -0.4 is 4.74 Å². The third kappa shape index (κ3) is 9.19. The lowest BCUT2D eigenvalue weighted by Crippen LogP contribution is -2.11. The summed E-state index contributed by atoms with van der Waals surface area (Å²) in [5.41, 5.74) is 1.02. The van der Waals surface area contributed by atoms with Crippen molar-refractivity contribution in [1.82, 2.24) is 0 Å². The molecule has 3 heteroatoms. The molecule has 0 aliphatic heterocycles. The lowest BCUT2D eigenvalue weighted by Gasteiger charge is -2.13. The van der Waals surface area contributed by atoms with Gasteiger partial charge in [-0.1, -0.05) is 45.7 Å². The summed E-state index contributed by atoms with van der Waals surface area (Å²) in [5.74, 6) is 7.72. The molecule has 0 saturated heterocycles. The van der Waals surface area contributed by atoms with Crippen molar-refractivity contribution in [3.05, 3.63) is 29.8 Å². The van der Waals surface area contributed by atoms with Crippen molar-refractivity contribution < 1.29 is 14.3 Å². The van der Waals surface area contributed by atoms with Gasteiger partial charge in [0.05, 0.1) is 25.6 Å². The van der Waals surface area contributed by atoms with E-state index in [0.29, 0.717) is 18.4 Å². The molecule has 0 fully saturated rings. The van der Waals surface area contributed by atoms with Crippen molar-refractivity contribution in [2.75, 3.05) is 13.2 Å². The van der Waals surface area contributed by atoms with Crippen LogP contribution in [-0.4, -0.2) is 19.2 Å². The van der Waals surface area contributed by atoms with Crippen LogP contribution in [0.5, 0.6) is 5.75 Å². The van der Waals surface area contributed by atoms with E-state index < -0.39 is 0 Å². The smallest absolute Gasteiger partial charge is 0.307 e. The average molecular weight is 344 g/mol. The van der Waals surface area contributed by atoms with Crippen LogP contribution in [0.3, 0.4) is 0 Å². The van der Waals surface area contributed by atoms with Crippen molar-refractivity contribution in [3.63, 3.8) is 0 Å². The molecule has 0 aliphatic rings. The second-order valence-electron chi connectivity index (χ2n) is 7.15. The summed E-state index contributed by atoms with van der Waals surface area (Å²) in [6.07, 6.45) is 2.21. The molecule has 0 aliphatic carbocycles. The molecule has 0 bridgehead atoms. The predicted octanol–water partition coefficient (Wildman–Crippen LogP) is 5.20. The Morgan fingerprint density at radius 3 is 2.16 bits per heavy atom. The Labute approximate surface area is 153 Å². The van der Waals surface area contributed by atoms with E-state index in [0.717, 1.165) is 30.8 Å². The zero-order valence-corrected chi connectivity index (χ0v) is 16.3. The van der Waals surface area contributed by atoms with Crippen LogP contribution in [0.4, 0.5) is 0 Å². The molecular weight excluding hydrogens is 312 g/mol. The van der Waals surface area contributed by atoms with E-state index in [1.807, 2.05) is 24.3 Å². The Kier molecular flexibility index (Phi) is 9.77. The average Bonchev–Trinajstić information content (AvgIpc) is 2.54. The molecule has 25 heavy (non-hydrogen) atoms. The van der Waals surface area contributed by atoms with Gasteiger partial charge in [0.1, 0.15) is 5.75 Å². The highest BCUT2D eigenvalue weighted by Gasteiger charge is 2.15. The standard InChI is InChI=1S/C22H32O3/c1-6-7-20(16-22(23)25-15-13-18(4)5)19-8-10-21(11-9-19)24-14-12-17(2)3/h8-11,17-18,20H,12-16H2,1-5H3. The lowest BCUT2D eigenvalue weighted by atomic mass is 9.96. The van der Waals surface area contributed by atoms with Gasteiger partial charge in [-0.15, -0.1) is 5.92 Å². The van der Waals surface area contributed by atoms with Gasteiger partial charge in [0.15, 0.2) is 0 Å². The second-order valence-corrected chi connectivity index (χ2v) is 7.15. The summed E-state index contributed by atoms with van der Waals surface area (Å²) in [5, 5.41) is 0. The Bertz CT molecular complexity index is 561. The van der Waals surface area contributed by atoms with Gasteiger partial charge in [-0.05, 0) is 49.3 Å². The molecule has 1 atom stereocenters. The summed E-state index contributed by atoms with van der Waals surface area (Å²) in [6.45, 7) is 11.6. The van der Waals surface area contributed by atoms with Crippen LogP contribution >= 0.6 is 0 Å². The van der Waals surface area contributed by atoms with Gasteiger partial charge < -0.3 is 9.47 Å². The molecule has 0 spiro atoms. The van der Waals surface area contributed by atoms with E-state index in [4.69, 9.17) is 9.47 Å². The highest BCUT2D eigenvalue weighted by Crippen LogP contribution is 2.23. The van der Waals surface area contributed by atoms with Crippen LogP contribution in [0.25, 0.3) is 0 Å². The van der Waals surface area contributed by atoms with Gasteiger partial charge in [-0.2, -0.15) is 0 Å². The van der Waals surface area contributed by atoms with E-state index >= 15 is 0 Å². The molecule has 138 valence electrons. The number of ether oxygens (including phenoxy) is 2. The second kappa shape index (κ2) is 11.6. The minimum Gasteiger partial charge on any atom is -0.494 e. The molecule has 1 unspecified atom stereocenters. The minimum absolute atomic E-state index is 0.138. The van der Waals surface area contributed by atoms with Gasteiger partial charge >= 0.3 is 5.97 Å². The minimum atomic E-state index is -0.189. The van der Waals surface area contributed by atoms with Gasteiger partial charge in [0, 0.05) is 0 Å². The summed E-state index contributed by atoms with van der Waals surface area (Å²) in [7, 11) is 0. The number of hydrogen-bond acceptors (Lipinski definition) is 3. The van der Waals surface area contributed by atoms with Crippen molar-refractivity contribution >= 4 is 5.97 Å². The largest absolute Gasteiger partial charge is 0.494 e. The zero-order valence-electron chi connectivity index (χ0n) is 16.3. The van der Waals surface area contributed by atoms with E-state index in [2.05, 4.69) is 39.5 Å². The highest BCUT2D eigenvalue weighted by atomic mass is 16.5. The Hall–Kier alpha value is -1.95. The van der Waals surface area contributed by atoms with E-state index in [-0.39, 0.29) is 18.3 Å². The Balaban J connectivity index is 2.59. The topological polar surface area (TPSA) is 35.5 Å². The van der Waals surface area contributed by atoms with E-state index in [1.165, 1.54) is 0 Å². The monoisotopic (exact) mass is 344 g/mol. The number of esters is 1. The molecule has 3 nitrogen and oxygen atoms in total. The predicted molar refractivity (Wildman–Crippen MR) is 103 cm³/mol. The van der Waals surface area contributed by atoms with Crippen molar-refractivity contribution in [2.24, 2.45) is 11.8 Å². The third-order valence-corrected chi connectivity index (χ3v) is 3.89.